The highest BCUT2D eigenvalue weighted by Crippen LogP contribution is 2.20. The Kier molecular flexibility index (Phi) is 1.70. The lowest BCUT2D eigenvalue weighted by Crippen LogP contribution is -2.26. The maximum Gasteiger partial charge on any atom is 0.313 e. The molecule has 2 aromatic rings. The van der Waals surface area contributed by atoms with Gasteiger partial charge in [-0.3, -0.25) is 5.43 Å². The van der Waals surface area contributed by atoms with E-state index < -0.39 is 0 Å². The van der Waals surface area contributed by atoms with Crippen LogP contribution < -0.4 is 5.43 Å². The molecule has 1 saturated heterocycles. The van der Waals surface area contributed by atoms with Crippen LogP contribution in [0.1, 0.15) is 12.8 Å². The molecule has 0 aliphatic carbocycles. The molecule has 0 spiro atoms. The van der Waals surface area contributed by atoms with E-state index in [1.165, 1.54) is 12.8 Å². The first-order valence-corrected chi connectivity index (χ1v) is 4.77. The van der Waals surface area contributed by atoms with Crippen LogP contribution in [0, 0.1) is 0 Å². The zero-order chi connectivity index (χ0) is 9.38. The number of anilines is 1. The zero-order valence-corrected chi connectivity index (χ0v) is 7.69. The minimum atomic E-state index is 0.515. The molecular weight excluding hydrogens is 182 g/mol. The van der Waals surface area contributed by atoms with Crippen molar-refractivity contribution < 1.29 is 8.83 Å². The van der Waals surface area contributed by atoms with Crippen LogP contribution in [0.15, 0.2) is 21.2 Å². The third-order valence-electron chi connectivity index (χ3n) is 2.38. The number of hydrogen-bond donors (Lipinski definition) is 1. The summed E-state index contributed by atoms with van der Waals surface area (Å²) in [6.07, 6.45) is 4.02. The Morgan fingerprint density at radius 3 is 3.00 bits per heavy atom. The molecule has 0 saturated carbocycles. The van der Waals surface area contributed by atoms with Gasteiger partial charge in [0, 0.05) is 19.2 Å². The van der Waals surface area contributed by atoms with Crippen LogP contribution in [-0.2, 0) is 0 Å². The van der Waals surface area contributed by atoms with E-state index in [4.69, 9.17) is 8.83 Å². The van der Waals surface area contributed by atoms with Gasteiger partial charge in [0.05, 0.1) is 6.26 Å². The highest BCUT2D eigenvalue weighted by atomic mass is 16.4. The van der Waals surface area contributed by atoms with Crippen LogP contribution in [0.25, 0.3) is 11.3 Å². The Balaban J connectivity index is 1.80. The van der Waals surface area contributed by atoms with Crippen LogP contribution in [0.5, 0.6) is 0 Å². The molecule has 5 nitrogen and oxygen atoms in total. The summed E-state index contributed by atoms with van der Waals surface area (Å²) in [5, 5.41) is 2.10. The van der Waals surface area contributed by atoms with Gasteiger partial charge >= 0.3 is 6.01 Å². The smallest absolute Gasteiger partial charge is 0.313 e. The van der Waals surface area contributed by atoms with E-state index in [0.29, 0.717) is 17.3 Å². The van der Waals surface area contributed by atoms with Crippen LogP contribution in [0.4, 0.5) is 6.01 Å². The molecule has 3 rings (SSSR count). The summed E-state index contributed by atoms with van der Waals surface area (Å²) >= 11 is 0. The predicted octanol–water partition coefficient (Wildman–Crippen LogP) is 1.84. The van der Waals surface area contributed by atoms with Crippen molar-refractivity contribution in [3.63, 3.8) is 0 Å². The summed E-state index contributed by atoms with van der Waals surface area (Å²) in [7, 11) is 0. The number of hydrogen-bond acceptors (Lipinski definition) is 5. The highest BCUT2D eigenvalue weighted by molar-refractivity contribution is 5.67. The SMILES string of the molecule is c1cc2oc(NN3CCCC3)nc2o1. The van der Waals surface area contributed by atoms with Gasteiger partial charge in [-0.2, -0.15) is 4.98 Å². The van der Waals surface area contributed by atoms with Gasteiger partial charge in [-0.15, -0.1) is 0 Å². The second kappa shape index (κ2) is 3.02. The molecule has 2 aromatic heterocycles. The second-order valence-corrected chi connectivity index (χ2v) is 3.41. The molecule has 74 valence electrons. The molecule has 14 heavy (non-hydrogen) atoms. The minimum Gasteiger partial charge on any atom is -0.444 e. The third-order valence-corrected chi connectivity index (χ3v) is 2.38. The maximum absolute atomic E-state index is 5.41. The van der Waals surface area contributed by atoms with Gasteiger partial charge in [-0.1, -0.05) is 0 Å². The summed E-state index contributed by atoms with van der Waals surface area (Å²) in [4.78, 5) is 4.15. The van der Waals surface area contributed by atoms with E-state index in [-0.39, 0.29) is 0 Å². The van der Waals surface area contributed by atoms with Gasteiger partial charge in [0.2, 0.25) is 0 Å². The van der Waals surface area contributed by atoms with Gasteiger partial charge < -0.3 is 8.83 Å². The Morgan fingerprint density at radius 1 is 1.36 bits per heavy atom. The molecule has 1 aliphatic heterocycles. The number of hydrazine groups is 1. The summed E-state index contributed by atoms with van der Waals surface area (Å²) in [5.41, 5.74) is 4.35. The highest BCUT2D eigenvalue weighted by Gasteiger charge is 2.14. The lowest BCUT2D eigenvalue weighted by Gasteiger charge is -2.13. The Labute approximate surface area is 80.7 Å². The van der Waals surface area contributed by atoms with E-state index >= 15 is 0 Å². The minimum absolute atomic E-state index is 0.515. The molecule has 0 unspecified atom stereocenters. The first-order valence-electron chi connectivity index (χ1n) is 4.77. The number of nitrogens with zero attached hydrogens (tertiary/aromatic N) is 2. The molecule has 1 N–H and O–H groups in total. The number of aromatic nitrogens is 1. The number of nitrogens with one attached hydrogen (secondary N) is 1. The predicted molar refractivity (Wildman–Crippen MR) is 50.7 cm³/mol. The number of oxazole rings is 1. The molecule has 1 aliphatic rings. The fourth-order valence-corrected chi connectivity index (χ4v) is 1.68. The van der Waals surface area contributed by atoms with Gasteiger partial charge in [-0.25, -0.2) is 5.01 Å². The monoisotopic (exact) mass is 193 g/mol. The molecule has 0 radical (unpaired) electrons. The fraction of sp³-hybridized carbons (Fsp3) is 0.444. The molecular formula is C9H11N3O2. The Bertz CT molecular complexity index is 399. The van der Waals surface area contributed by atoms with Crippen LogP contribution in [0.3, 0.4) is 0 Å². The van der Waals surface area contributed by atoms with Crippen molar-refractivity contribution in [2.45, 2.75) is 12.8 Å². The van der Waals surface area contributed by atoms with E-state index in [0.717, 1.165) is 13.1 Å². The van der Waals surface area contributed by atoms with E-state index in [1.807, 2.05) is 0 Å². The number of furan rings is 1. The maximum atomic E-state index is 5.41. The van der Waals surface area contributed by atoms with Gasteiger partial charge in [0.1, 0.15) is 0 Å². The molecule has 1 fully saturated rings. The first kappa shape index (κ1) is 7.87. The lowest BCUT2D eigenvalue weighted by molar-refractivity contribution is 0.388. The van der Waals surface area contributed by atoms with Crippen molar-refractivity contribution in [3.05, 3.63) is 12.3 Å². The average molecular weight is 193 g/mol. The van der Waals surface area contributed by atoms with Crippen molar-refractivity contribution in [2.75, 3.05) is 18.5 Å². The molecule has 0 atom stereocenters. The van der Waals surface area contributed by atoms with Crippen molar-refractivity contribution >= 4 is 17.3 Å². The second-order valence-electron chi connectivity index (χ2n) is 3.41. The van der Waals surface area contributed by atoms with E-state index in [9.17, 15) is 0 Å². The van der Waals surface area contributed by atoms with Crippen LogP contribution >= 0.6 is 0 Å². The van der Waals surface area contributed by atoms with E-state index in [2.05, 4.69) is 15.4 Å². The quantitative estimate of drug-likeness (QED) is 0.788. The summed E-state index contributed by atoms with van der Waals surface area (Å²) in [6.45, 7) is 2.09. The van der Waals surface area contributed by atoms with Gasteiger partial charge in [0.15, 0.2) is 5.58 Å². The first-order chi connectivity index (χ1) is 6.92. The van der Waals surface area contributed by atoms with Crippen LogP contribution in [0.2, 0.25) is 0 Å². The molecule has 0 bridgehead atoms. The largest absolute Gasteiger partial charge is 0.444 e. The Morgan fingerprint density at radius 2 is 2.21 bits per heavy atom. The van der Waals surface area contributed by atoms with Gasteiger partial charge in [0.25, 0.3) is 5.71 Å². The van der Waals surface area contributed by atoms with Crippen molar-refractivity contribution in [1.29, 1.82) is 0 Å². The number of rotatable bonds is 2. The Hall–Kier alpha value is -1.49. The zero-order valence-electron chi connectivity index (χ0n) is 7.69. The van der Waals surface area contributed by atoms with Gasteiger partial charge in [-0.05, 0) is 12.8 Å². The molecule has 0 amide bonds. The third kappa shape index (κ3) is 1.26. The lowest BCUT2D eigenvalue weighted by atomic mass is 10.4. The van der Waals surface area contributed by atoms with Crippen molar-refractivity contribution in [1.82, 2.24) is 9.99 Å². The van der Waals surface area contributed by atoms with Crippen molar-refractivity contribution in [3.8, 4) is 0 Å². The van der Waals surface area contributed by atoms with E-state index in [1.54, 1.807) is 12.3 Å². The number of fused-ring (bicyclic) bond motifs is 1. The molecule has 0 aromatic carbocycles. The topological polar surface area (TPSA) is 54.4 Å². The summed E-state index contributed by atoms with van der Waals surface area (Å²) in [6, 6.07) is 2.28. The fourth-order valence-electron chi connectivity index (χ4n) is 1.68. The normalized spacial score (nSPS) is 18.0. The van der Waals surface area contributed by atoms with Crippen LogP contribution in [-0.4, -0.2) is 23.1 Å². The van der Waals surface area contributed by atoms with Crippen molar-refractivity contribution in [2.24, 2.45) is 0 Å². The molecule has 3 heterocycles. The summed E-state index contributed by atoms with van der Waals surface area (Å²) < 4.78 is 10.5. The molecule has 5 heteroatoms. The summed E-state index contributed by atoms with van der Waals surface area (Å²) in [5.74, 6) is 0. The standard InChI is InChI=1S/C9H11N3O2/c1-2-5-12(4-1)11-9-10-8-7(14-9)3-6-13-8/h3,6H,1-2,4-5H2,(H,10,11). The average Bonchev–Trinajstić information content (AvgIpc) is 2.78.